The van der Waals surface area contributed by atoms with Crippen LogP contribution in [-0.2, 0) is 11.4 Å². The Hall–Kier alpha value is -2.93. The van der Waals surface area contributed by atoms with Gasteiger partial charge < -0.3 is 25.2 Å². The number of guanidine groups is 1. The van der Waals surface area contributed by atoms with Crippen LogP contribution < -0.4 is 15.2 Å². The first kappa shape index (κ1) is 24.3. The lowest BCUT2D eigenvalue weighted by Crippen LogP contribution is -2.43. The fourth-order valence-electron chi connectivity index (χ4n) is 3.21. The molecule has 31 heavy (non-hydrogen) atoms. The number of aryl methyl sites for hydroxylation is 1. The van der Waals surface area contributed by atoms with Crippen LogP contribution in [0.4, 0.5) is 0 Å². The number of rotatable bonds is 6. The van der Waals surface area contributed by atoms with Crippen LogP contribution >= 0.6 is 11.6 Å². The molecule has 3 rings (SSSR count). The number of likely N-dealkylation sites (tertiary alicyclic amines) is 1. The minimum absolute atomic E-state index is 0.161. The normalized spacial score (nSPS) is 13.7. The standard InChI is InChI=1S/C21H26ClN3O2.C2H4O2/c1-15-10-18(26-13-16-6-8-25(9-7-16)21(23)24)12-19(11-15)27-14-17-4-2-3-5-20(17)22;1-2(3)4/h2-5,10-12,16H,6-9,13-14H2,1H3,(H3,23,24);1H3,(H,3,4). The zero-order valence-corrected chi connectivity index (χ0v) is 18.7. The van der Waals surface area contributed by atoms with Crippen molar-refractivity contribution in [2.75, 3.05) is 19.7 Å². The third-order valence-electron chi connectivity index (χ3n) is 4.82. The summed E-state index contributed by atoms with van der Waals surface area (Å²) in [6.07, 6.45) is 1.97. The molecule has 1 heterocycles. The third kappa shape index (κ3) is 8.76. The summed E-state index contributed by atoms with van der Waals surface area (Å²) in [5, 5.41) is 15.6. The van der Waals surface area contributed by atoms with E-state index in [4.69, 9.17) is 42.1 Å². The molecule has 0 unspecified atom stereocenters. The van der Waals surface area contributed by atoms with Gasteiger partial charge in [0.15, 0.2) is 5.96 Å². The highest BCUT2D eigenvalue weighted by Crippen LogP contribution is 2.26. The molecule has 1 saturated heterocycles. The van der Waals surface area contributed by atoms with Crippen molar-refractivity contribution in [1.29, 1.82) is 5.41 Å². The number of nitrogens with one attached hydrogen (secondary N) is 1. The van der Waals surface area contributed by atoms with Gasteiger partial charge in [-0.15, -0.1) is 0 Å². The number of nitrogens with two attached hydrogens (primary N) is 1. The van der Waals surface area contributed by atoms with Crippen LogP contribution in [0.15, 0.2) is 42.5 Å². The van der Waals surface area contributed by atoms with Gasteiger partial charge in [-0.2, -0.15) is 0 Å². The fraction of sp³-hybridized carbons (Fsp3) is 0.391. The van der Waals surface area contributed by atoms with E-state index in [9.17, 15) is 0 Å². The number of carboxylic acids is 1. The van der Waals surface area contributed by atoms with Crippen LogP contribution in [0.2, 0.25) is 5.02 Å². The highest BCUT2D eigenvalue weighted by Gasteiger charge is 2.20. The highest BCUT2D eigenvalue weighted by atomic mass is 35.5. The number of hydrogen-bond donors (Lipinski definition) is 3. The topological polar surface area (TPSA) is 109 Å². The first-order valence-electron chi connectivity index (χ1n) is 10.1. The number of carboxylic acid groups (broad SMARTS) is 1. The summed E-state index contributed by atoms with van der Waals surface area (Å²) in [5.74, 6) is 1.40. The van der Waals surface area contributed by atoms with Gasteiger partial charge in [0.05, 0.1) is 6.61 Å². The zero-order valence-electron chi connectivity index (χ0n) is 17.9. The highest BCUT2D eigenvalue weighted by molar-refractivity contribution is 6.31. The summed E-state index contributed by atoms with van der Waals surface area (Å²) < 4.78 is 11.9. The van der Waals surface area contributed by atoms with Crippen LogP contribution in [-0.4, -0.2) is 41.6 Å². The molecule has 0 spiro atoms. The SMILES string of the molecule is CC(=O)O.Cc1cc(OCc2ccccc2Cl)cc(OCC2CCN(C(=N)N)CC2)c1. The Morgan fingerprint density at radius 2 is 1.77 bits per heavy atom. The van der Waals surface area contributed by atoms with Gasteiger partial charge in [0.2, 0.25) is 0 Å². The average Bonchev–Trinajstić information content (AvgIpc) is 2.71. The van der Waals surface area contributed by atoms with Gasteiger partial charge in [0, 0.05) is 36.7 Å². The molecule has 2 aromatic carbocycles. The first-order valence-corrected chi connectivity index (χ1v) is 10.5. The lowest BCUT2D eigenvalue weighted by molar-refractivity contribution is -0.134. The molecule has 8 heteroatoms. The van der Waals surface area contributed by atoms with Crippen molar-refractivity contribution >= 4 is 23.5 Å². The van der Waals surface area contributed by atoms with E-state index in [0.717, 1.165) is 55.5 Å². The van der Waals surface area contributed by atoms with E-state index in [1.54, 1.807) is 0 Å². The average molecular weight is 448 g/mol. The molecule has 0 amide bonds. The maximum absolute atomic E-state index is 9.00. The summed E-state index contributed by atoms with van der Waals surface area (Å²) in [4.78, 5) is 10.9. The molecule has 168 valence electrons. The minimum atomic E-state index is -0.833. The van der Waals surface area contributed by atoms with Gasteiger partial charge in [0.25, 0.3) is 5.97 Å². The van der Waals surface area contributed by atoms with Gasteiger partial charge in [-0.05, 0) is 49.4 Å². The van der Waals surface area contributed by atoms with E-state index in [1.165, 1.54) is 0 Å². The lowest BCUT2D eigenvalue weighted by Gasteiger charge is -2.32. The van der Waals surface area contributed by atoms with E-state index < -0.39 is 5.97 Å². The van der Waals surface area contributed by atoms with E-state index >= 15 is 0 Å². The van der Waals surface area contributed by atoms with Crippen LogP contribution in [0.5, 0.6) is 11.5 Å². The first-order chi connectivity index (χ1) is 14.7. The van der Waals surface area contributed by atoms with E-state index in [0.29, 0.717) is 24.2 Å². The molecule has 4 N–H and O–H groups in total. The second-order valence-corrected chi connectivity index (χ2v) is 7.91. The van der Waals surface area contributed by atoms with Crippen LogP contribution in [0, 0.1) is 18.3 Å². The number of halogens is 1. The molecule has 0 bridgehead atoms. The maximum atomic E-state index is 9.00. The van der Waals surface area contributed by atoms with Crippen molar-refractivity contribution in [3.05, 3.63) is 58.6 Å². The Morgan fingerprint density at radius 3 is 2.35 bits per heavy atom. The number of ether oxygens (including phenoxy) is 2. The number of nitrogens with zero attached hydrogens (tertiary/aromatic N) is 1. The number of carbonyl (C=O) groups is 1. The molecule has 0 saturated carbocycles. The number of aliphatic carboxylic acids is 1. The molecule has 0 aromatic heterocycles. The van der Waals surface area contributed by atoms with Crippen molar-refractivity contribution < 1.29 is 19.4 Å². The summed E-state index contributed by atoms with van der Waals surface area (Å²) >= 11 is 6.19. The molecule has 7 nitrogen and oxygen atoms in total. The molecule has 2 aromatic rings. The summed E-state index contributed by atoms with van der Waals surface area (Å²) in [7, 11) is 0. The summed E-state index contributed by atoms with van der Waals surface area (Å²) in [6, 6.07) is 13.6. The third-order valence-corrected chi connectivity index (χ3v) is 5.19. The second-order valence-electron chi connectivity index (χ2n) is 7.51. The number of piperidine rings is 1. The fourth-order valence-corrected chi connectivity index (χ4v) is 3.40. The Labute approximate surface area is 188 Å². The van der Waals surface area contributed by atoms with E-state index in [-0.39, 0.29) is 5.96 Å². The molecule has 0 radical (unpaired) electrons. The van der Waals surface area contributed by atoms with Crippen LogP contribution in [0.1, 0.15) is 30.9 Å². The maximum Gasteiger partial charge on any atom is 0.300 e. The Bertz CT molecular complexity index is 879. The van der Waals surface area contributed by atoms with Crippen molar-refractivity contribution in [3.8, 4) is 11.5 Å². The lowest BCUT2D eigenvalue weighted by atomic mass is 9.98. The van der Waals surface area contributed by atoms with E-state index in [1.807, 2.05) is 54.3 Å². The molecule has 1 aliphatic rings. The van der Waals surface area contributed by atoms with Crippen LogP contribution in [0.25, 0.3) is 0 Å². The van der Waals surface area contributed by atoms with Gasteiger partial charge in [-0.1, -0.05) is 29.8 Å². The molecular formula is C23H30ClN3O4. The van der Waals surface area contributed by atoms with Gasteiger partial charge in [0.1, 0.15) is 18.1 Å². The van der Waals surface area contributed by atoms with Gasteiger partial charge >= 0.3 is 0 Å². The van der Waals surface area contributed by atoms with Crippen molar-refractivity contribution in [3.63, 3.8) is 0 Å². The van der Waals surface area contributed by atoms with Crippen molar-refractivity contribution in [2.45, 2.75) is 33.3 Å². The van der Waals surface area contributed by atoms with Crippen molar-refractivity contribution in [1.82, 2.24) is 4.90 Å². The zero-order chi connectivity index (χ0) is 22.8. The second kappa shape index (κ2) is 12.1. The molecular weight excluding hydrogens is 418 g/mol. The monoisotopic (exact) mass is 447 g/mol. The minimum Gasteiger partial charge on any atom is -0.493 e. The molecule has 1 aliphatic heterocycles. The van der Waals surface area contributed by atoms with E-state index in [2.05, 4.69) is 0 Å². The largest absolute Gasteiger partial charge is 0.493 e. The van der Waals surface area contributed by atoms with Gasteiger partial charge in [-0.25, -0.2) is 0 Å². The molecule has 0 aliphatic carbocycles. The number of hydrogen-bond acceptors (Lipinski definition) is 4. The van der Waals surface area contributed by atoms with Crippen molar-refractivity contribution in [2.24, 2.45) is 11.7 Å². The van der Waals surface area contributed by atoms with Crippen LogP contribution in [0.3, 0.4) is 0 Å². The Kier molecular flexibility index (Phi) is 9.46. The van der Waals surface area contributed by atoms with Gasteiger partial charge in [-0.3, -0.25) is 10.2 Å². The Morgan fingerprint density at radius 1 is 1.19 bits per heavy atom. The predicted octanol–water partition coefficient (Wildman–Crippen LogP) is 4.30. The predicted molar refractivity (Wildman–Crippen MR) is 122 cm³/mol. The summed E-state index contributed by atoms with van der Waals surface area (Å²) in [5.41, 5.74) is 7.60. The molecule has 0 atom stereocenters. The quantitative estimate of drug-likeness (QED) is 0.450. The smallest absolute Gasteiger partial charge is 0.300 e. The number of benzene rings is 2. The Balaban J connectivity index is 0.000000785. The summed E-state index contributed by atoms with van der Waals surface area (Å²) in [6.45, 7) is 5.85. The molecule has 1 fully saturated rings.